The molecule has 0 unspecified atom stereocenters. The molecule has 0 aromatic heterocycles. The minimum atomic E-state index is -1.81. The van der Waals surface area contributed by atoms with E-state index in [2.05, 4.69) is 0 Å². The number of hydrogen-bond donors (Lipinski definition) is 7. The second-order valence-corrected chi connectivity index (χ2v) is 8.48. The van der Waals surface area contributed by atoms with E-state index in [0.29, 0.717) is 11.5 Å². The van der Waals surface area contributed by atoms with Crippen molar-refractivity contribution in [3.05, 3.63) is 0 Å². The number of hydrogen-bond acceptors (Lipinski definition) is 9. The average molecular weight is 360 g/mol. The molecule has 0 saturated heterocycles. The number of thioether (sulfide) groups is 2. The van der Waals surface area contributed by atoms with Crippen LogP contribution in [-0.4, -0.2) is 95.1 Å². The van der Waals surface area contributed by atoms with Crippen LogP contribution < -0.4 is 0 Å². The number of rotatable bonds is 12. The number of aliphatic hydroxyl groups is 7. The Morgan fingerprint density at radius 2 is 1.23 bits per heavy atom. The molecule has 0 fully saturated rings. The lowest BCUT2D eigenvalue weighted by atomic mass is 9.97. The van der Waals surface area contributed by atoms with Crippen molar-refractivity contribution in [3.8, 4) is 0 Å². The summed E-state index contributed by atoms with van der Waals surface area (Å²) in [6.45, 7) is 2.82. The van der Waals surface area contributed by atoms with Crippen molar-refractivity contribution in [2.24, 2.45) is 0 Å². The summed E-state index contributed by atoms with van der Waals surface area (Å²) in [4.78, 5) is 0. The third-order valence-corrected chi connectivity index (χ3v) is 6.18. The second kappa shape index (κ2) is 11.1. The molecule has 0 bridgehead atoms. The lowest BCUT2D eigenvalue weighted by Gasteiger charge is -2.35. The third-order valence-electron chi connectivity index (χ3n) is 3.25. The van der Waals surface area contributed by atoms with E-state index in [1.165, 1.54) is 23.5 Å². The van der Waals surface area contributed by atoms with Crippen LogP contribution in [0.3, 0.4) is 0 Å². The Bertz CT molecular complexity index is 290. The van der Waals surface area contributed by atoms with Crippen molar-refractivity contribution >= 4 is 23.5 Å². The normalized spacial score (nSPS) is 19.5. The molecular weight excluding hydrogens is 332 g/mol. The highest BCUT2D eigenvalue weighted by Crippen LogP contribution is 2.41. The van der Waals surface area contributed by atoms with Crippen molar-refractivity contribution < 1.29 is 35.7 Å². The van der Waals surface area contributed by atoms with E-state index >= 15 is 0 Å². The Morgan fingerprint density at radius 3 is 1.59 bits per heavy atom. The molecule has 0 saturated carbocycles. The van der Waals surface area contributed by atoms with Gasteiger partial charge in [-0.1, -0.05) is 13.8 Å². The summed E-state index contributed by atoms with van der Waals surface area (Å²) < 4.78 is -0.718. The molecule has 134 valence electrons. The Balaban J connectivity index is 4.87. The van der Waals surface area contributed by atoms with Crippen molar-refractivity contribution in [2.45, 2.75) is 54.9 Å². The van der Waals surface area contributed by atoms with Crippen LogP contribution in [0.5, 0.6) is 0 Å². The van der Waals surface area contributed by atoms with Crippen LogP contribution in [0.4, 0.5) is 0 Å². The van der Waals surface area contributed by atoms with Gasteiger partial charge in [0, 0.05) is 6.42 Å². The van der Waals surface area contributed by atoms with E-state index in [0.717, 1.165) is 0 Å². The molecule has 0 aliphatic rings. The SMILES string of the molecule is CCSC(CO)(C[C@H](O)[C@@H](O)[C@@H](O)[C@H](O)[C@H](O)CO)SCC. The first kappa shape index (κ1) is 22.4. The van der Waals surface area contributed by atoms with Gasteiger partial charge in [-0.05, 0) is 11.5 Å². The molecule has 9 heteroatoms. The summed E-state index contributed by atoms with van der Waals surface area (Å²) in [5, 5.41) is 67.0. The van der Waals surface area contributed by atoms with Gasteiger partial charge in [-0.2, -0.15) is 0 Å². The molecule has 0 amide bonds. The van der Waals surface area contributed by atoms with Gasteiger partial charge in [0.25, 0.3) is 0 Å². The fraction of sp³-hybridized carbons (Fsp3) is 1.00. The fourth-order valence-electron chi connectivity index (χ4n) is 2.05. The van der Waals surface area contributed by atoms with Gasteiger partial charge in [-0.15, -0.1) is 23.5 Å². The molecular formula is C13H28O7S2. The van der Waals surface area contributed by atoms with Crippen molar-refractivity contribution in [2.75, 3.05) is 24.7 Å². The van der Waals surface area contributed by atoms with Gasteiger partial charge in [0.05, 0.1) is 23.4 Å². The highest BCUT2D eigenvalue weighted by Gasteiger charge is 2.39. The first-order valence-electron chi connectivity index (χ1n) is 7.18. The fourth-order valence-corrected chi connectivity index (χ4v) is 4.90. The second-order valence-electron chi connectivity index (χ2n) is 4.93. The quantitative estimate of drug-likeness (QED) is 0.204. The Labute approximate surface area is 139 Å². The van der Waals surface area contributed by atoms with Gasteiger partial charge < -0.3 is 35.7 Å². The van der Waals surface area contributed by atoms with Gasteiger partial charge in [0.1, 0.15) is 24.4 Å². The first-order chi connectivity index (χ1) is 10.3. The molecule has 0 aromatic rings. The maximum absolute atomic E-state index is 10.1. The summed E-state index contributed by atoms with van der Waals surface area (Å²) in [6.07, 6.45) is -8.32. The summed E-state index contributed by atoms with van der Waals surface area (Å²) in [5.41, 5.74) is 0. The molecule has 0 rings (SSSR count). The summed E-state index contributed by atoms with van der Waals surface area (Å²) in [6, 6.07) is 0. The predicted octanol–water partition coefficient (Wildman–Crippen LogP) is -1.63. The van der Waals surface area contributed by atoms with Crippen LogP contribution >= 0.6 is 23.5 Å². The smallest absolute Gasteiger partial charge is 0.111 e. The molecule has 0 aliphatic heterocycles. The molecule has 0 heterocycles. The maximum atomic E-state index is 10.1. The zero-order chi connectivity index (χ0) is 17.3. The van der Waals surface area contributed by atoms with E-state index in [4.69, 9.17) is 5.11 Å². The molecule has 7 nitrogen and oxygen atoms in total. The van der Waals surface area contributed by atoms with E-state index in [-0.39, 0.29) is 13.0 Å². The van der Waals surface area contributed by atoms with Crippen LogP contribution in [-0.2, 0) is 0 Å². The van der Waals surface area contributed by atoms with Gasteiger partial charge in [-0.25, -0.2) is 0 Å². The van der Waals surface area contributed by atoms with E-state index in [9.17, 15) is 30.6 Å². The average Bonchev–Trinajstić information content (AvgIpc) is 2.52. The number of aliphatic hydroxyl groups excluding tert-OH is 7. The molecule has 0 spiro atoms. The summed E-state index contributed by atoms with van der Waals surface area (Å²) in [5.74, 6) is 1.40. The molecule has 0 aliphatic carbocycles. The van der Waals surface area contributed by atoms with Crippen LogP contribution in [0.25, 0.3) is 0 Å². The summed E-state index contributed by atoms with van der Waals surface area (Å²) in [7, 11) is 0. The Kier molecular flexibility index (Phi) is 11.3. The standard InChI is InChI=1S/C13H28O7S2/c1-3-21-13(7-15,22-4-2)5-8(16)10(18)12(20)11(19)9(17)6-14/h8-12,14-20H,3-7H2,1-2H3/t8-,9+,10+,11+,12+/m0/s1. The summed E-state index contributed by atoms with van der Waals surface area (Å²) >= 11 is 2.87. The molecule has 7 N–H and O–H groups in total. The van der Waals surface area contributed by atoms with Crippen molar-refractivity contribution in [1.82, 2.24) is 0 Å². The van der Waals surface area contributed by atoms with Gasteiger partial charge in [0.15, 0.2) is 0 Å². The Morgan fingerprint density at radius 1 is 0.773 bits per heavy atom. The first-order valence-corrected chi connectivity index (χ1v) is 9.15. The van der Waals surface area contributed by atoms with Crippen LogP contribution in [0, 0.1) is 0 Å². The van der Waals surface area contributed by atoms with E-state index in [1.807, 2.05) is 13.8 Å². The van der Waals surface area contributed by atoms with Crippen LogP contribution in [0.2, 0.25) is 0 Å². The zero-order valence-corrected chi connectivity index (χ0v) is 14.5. The van der Waals surface area contributed by atoms with Gasteiger partial charge >= 0.3 is 0 Å². The van der Waals surface area contributed by atoms with Gasteiger partial charge in [0.2, 0.25) is 0 Å². The van der Waals surface area contributed by atoms with Crippen molar-refractivity contribution in [3.63, 3.8) is 0 Å². The van der Waals surface area contributed by atoms with Gasteiger partial charge in [-0.3, -0.25) is 0 Å². The highest BCUT2D eigenvalue weighted by molar-refractivity contribution is 8.18. The highest BCUT2D eigenvalue weighted by atomic mass is 32.2. The molecule has 22 heavy (non-hydrogen) atoms. The van der Waals surface area contributed by atoms with E-state index in [1.54, 1.807) is 0 Å². The monoisotopic (exact) mass is 360 g/mol. The largest absolute Gasteiger partial charge is 0.394 e. The predicted molar refractivity (Wildman–Crippen MR) is 87.8 cm³/mol. The lowest BCUT2D eigenvalue weighted by molar-refractivity contribution is -0.141. The topological polar surface area (TPSA) is 142 Å². The minimum absolute atomic E-state index is 0.000675. The van der Waals surface area contributed by atoms with Crippen LogP contribution in [0.15, 0.2) is 0 Å². The van der Waals surface area contributed by atoms with Crippen molar-refractivity contribution in [1.29, 1.82) is 0 Å². The van der Waals surface area contributed by atoms with Crippen LogP contribution in [0.1, 0.15) is 20.3 Å². The van der Waals surface area contributed by atoms with E-state index < -0.39 is 41.2 Å². The lowest BCUT2D eigenvalue weighted by Crippen LogP contribution is -2.51. The molecule has 0 radical (unpaired) electrons. The molecule has 5 atom stereocenters. The Hall–Kier alpha value is 0.420. The zero-order valence-electron chi connectivity index (χ0n) is 12.9. The third kappa shape index (κ3) is 6.50. The molecule has 0 aromatic carbocycles. The maximum Gasteiger partial charge on any atom is 0.111 e. The minimum Gasteiger partial charge on any atom is -0.394 e.